The van der Waals surface area contributed by atoms with Gasteiger partial charge in [0.25, 0.3) is 5.89 Å². The molecule has 0 aliphatic carbocycles. The molecule has 0 bridgehead atoms. The molecule has 1 aromatic carbocycles. The minimum absolute atomic E-state index is 0.0465. The van der Waals surface area contributed by atoms with Crippen molar-refractivity contribution in [3.8, 4) is 28.7 Å². The number of aromatic nitrogens is 3. The van der Waals surface area contributed by atoms with Crippen LogP contribution in [-0.2, 0) is 0 Å². The van der Waals surface area contributed by atoms with Crippen LogP contribution in [-0.4, -0.2) is 21.2 Å². The van der Waals surface area contributed by atoms with Crippen LogP contribution >= 0.6 is 15.9 Å². The summed E-state index contributed by atoms with van der Waals surface area (Å²) in [5, 5.41) is 3.99. The summed E-state index contributed by atoms with van der Waals surface area (Å²) < 4.78 is 11.6. The van der Waals surface area contributed by atoms with Crippen molar-refractivity contribution < 1.29 is 9.26 Å². The predicted molar refractivity (Wildman–Crippen MR) is 90.8 cm³/mol. The zero-order chi connectivity index (χ0) is 16.4. The SMILES string of the molecule is CC(C)Oc1ncc(-c2nc(-c3ccc(N)cc3)no2)cc1Br. The largest absolute Gasteiger partial charge is 0.474 e. The van der Waals surface area contributed by atoms with E-state index in [0.717, 1.165) is 10.0 Å². The number of halogens is 1. The van der Waals surface area contributed by atoms with Gasteiger partial charge >= 0.3 is 0 Å². The lowest BCUT2D eigenvalue weighted by Gasteiger charge is -2.10. The minimum Gasteiger partial charge on any atom is -0.474 e. The standard InChI is InChI=1S/C16H15BrN4O2/c1-9(2)22-16-13(17)7-11(8-19-16)15-20-14(21-23-15)10-3-5-12(18)6-4-10/h3-9H,18H2,1-2H3. The van der Waals surface area contributed by atoms with Crippen LogP contribution in [0.15, 0.2) is 45.5 Å². The smallest absolute Gasteiger partial charge is 0.259 e. The quantitative estimate of drug-likeness (QED) is 0.696. The van der Waals surface area contributed by atoms with E-state index in [9.17, 15) is 0 Å². The monoisotopic (exact) mass is 374 g/mol. The Bertz CT molecular complexity index is 815. The van der Waals surface area contributed by atoms with E-state index in [2.05, 4.69) is 31.1 Å². The Morgan fingerprint density at radius 1 is 1.17 bits per heavy atom. The number of rotatable bonds is 4. The van der Waals surface area contributed by atoms with Gasteiger partial charge in [0.1, 0.15) is 0 Å². The molecule has 0 amide bonds. The second-order valence-electron chi connectivity index (χ2n) is 5.22. The first-order chi connectivity index (χ1) is 11.0. The molecule has 3 aromatic rings. The van der Waals surface area contributed by atoms with Gasteiger partial charge in [0.2, 0.25) is 11.7 Å². The fourth-order valence-corrected chi connectivity index (χ4v) is 2.38. The Balaban J connectivity index is 1.88. The van der Waals surface area contributed by atoms with Crippen LogP contribution in [0.1, 0.15) is 13.8 Å². The van der Waals surface area contributed by atoms with Crippen LogP contribution in [0.5, 0.6) is 5.88 Å². The number of ether oxygens (including phenoxy) is 1. The number of nitrogens with zero attached hydrogens (tertiary/aromatic N) is 3. The Morgan fingerprint density at radius 3 is 2.57 bits per heavy atom. The lowest BCUT2D eigenvalue weighted by molar-refractivity contribution is 0.231. The molecule has 0 unspecified atom stereocenters. The molecule has 2 N–H and O–H groups in total. The average molecular weight is 375 g/mol. The molecule has 0 saturated carbocycles. The number of hydrogen-bond acceptors (Lipinski definition) is 6. The summed E-state index contributed by atoms with van der Waals surface area (Å²) in [4.78, 5) is 8.67. The van der Waals surface area contributed by atoms with Gasteiger partial charge in [0.15, 0.2) is 0 Å². The van der Waals surface area contributed by atoms with Gasteiger partial charge in [-0.05, 0) is 60.1 Å². The molecular formula is C16H15BrN4O2. The fourth-order valence-electron chi connectivity index (χ4n) is 1.94. The number of hydrogen-bond donors (Lipinski definition) is 1. The van der Waals surface area contributed by atoms with Crippen molar-refractivity contribution in [2.75, 3.05) is 5.73 Å². The first kappa shape index (κ1) is 15.5. The number of pyridine rings is 1. The third kappa shape index (κ3) is 3.50. The van der Waals surface area contributed by atoms with Crippen LogP contribution in [0.2, 0.25) is 0 Å². The summed E-state index contributed by atoms with van der Waals surface area (Å²) >= 11 is 3.44. The van der Waals surface area contributed by atoms with Gasteiger partial charge in [-0.15, -0.1) is 0 Å². The van der Waals surface area contributed by atoms with Gasteiger partial charge in [0, 0.05) is 17.4 Å². The van der Waals surface area contributed by atoms with Gasteiger partial charge in [-0.25, -0.2) is 4.98 Å². The fraction of sp³-hybridized carbons (Fsp3) is 0.188. The van der Waals surface area contributed by atoms with Crippen molar-refractivity contribution in [1.29, 1.82) is 0 Å². The predicted octanol–water partition coefficient (Wildman–Crippen LogP) is 3.93. The second kappa shape index (κ2) is 6.37. The van der Waals surface area contributed by atoms with Gasteiger partial charge in [-0.2, -0.15) is 4.98 Å². The molecule has 0 saturated heterocycles. The Morgan fingerprint density at radius 2 is 1.91 bits per heavy atom. The van der Waals surface area contributed by atoms with Crippen LogP contribution in [0.4, 0.5) is 5.69 Å². The van der Waals surface area contributed by atoms with E-state index in [1.165, 1.54) is 0 Å². The molecule has 23 heavy (non-hydrogen) atoms. The van der Waals surface area contributed by atoms with Crippen molar-refractivity contribution >= 4 is 21.6 Å². The molecule has 6 nitrogen and oxygen atoms in total. The summed E-state index contributed by atoms with van der Waals surface area (Å²) in [6.45, 7) is 3.89. The zero-order valence-corrected chi connectivity index (χ0v) is 14.2. The van der Waals surface area contributed by atoms with Gasteiger partial charge in [-0.3, -0.25) is 0 Å². The van der Waals surface area contributed by atoms with Crippen molar-refractivity contribution in [1.82, 2.24) is 15.1 Å². The topological polar surface area (TPSA) is 87.1 Å². The molecule has 2 heterocycles. The summed E-state index contributed by atoms with van der Waals surface area (Å²) in [6, 6.07) is 9.11. The molecule has 7 heteroatoms. The van der Waals surface area contributed by atoms with E-state index in [1.54, 1.807) is 18.3 Å². The van der Waals surface area contributed by atoms with E-state index >= 15 is 0 Å². The highest BCUT2D eigenvalue weighted by molar-refractivity contribution is 9.10. The second-order valence-corrected chi connectivity index (χ2v) is 6.08. The molecule has 2 aromatic heterocycles. The Hall–Kier alpha value is -2.41. The number of nitrogens with two attached hydrogens (primary N) is 1. The lowest BCUT2D eigenvalue weighted by Crippen LogP contribution is -2.07. The lowest BCUT2D eigenvalue weighted by atomic mass is 10.2. The zero-order valence-electron chi connectivity index (χ0n) is 12.7. The first-order valence-corrected chi connectivity index (χ1v) is 7.84. The molecule has 0 aliphatic heterocycles. The van der Waals surface area contributed by atoms with E-state index in [1.807, 2.05) is 32.0 Å². The van der Waals surface area contributed by atoms with Crippen LogP contribution < -0.4 is 10.5 Å². The third-order valence-corrected chi connectivity index (χ3v) is 3.56. The molecule has 0 atom stereocenters. The minimum atomic E-state index is 0.0465. The Kier molecular flexibility index (Phi) is 4.29. The van der Waals surface area contributed by atoms with Gasteiger partial charge < -0.3 is 15.0 Å². The normalized spacial score (nSPS) is 11.0. The maximum absolute atomic E-state index is 5.68. The van der Waals surface area contributed by atoms with E-state index in [-0.39, 0.29) is 6.10 Å². The highest BCUT2D eigenvalue weighted by Gasteiger charge is 2.14. The maximum Gasteiger partial charge on any atom is 0.259 e. The van der Waals surface area contributed by atoms with Crippen LogP contribution in [0.25, 0.3) is 22.8 Å². The molecule has 0 radical (unpaired) electrons. The summed E-state index contributed by atoms with van der Waals surface area (Å²) in [6.07, 6.45) is 1.69. The van der Waals surface area contributed by atoms with Crippen molar-refractivity contribution in [2.45, 2.75) is 20.0 Å². The van der Waals surface area contributed by atoms with Crippen LogP contribution in [0.3, 0.4) is 0 Å². The highest BCUT2D eigenvalue weighted by Crippen LogP contribution is 2.29. The average Bonchev–Trinajstić information content (AvgIpc) is 2.99. The first-order valence-electron chi connectivity index (χ1n) is 7.05. The third-order valence-electron chi connectivity index (χ3n) is 3.00. The van der Waals surface area contributed by atoms with E-state index in [4.69, 9.17) is 15.0 Å². The number of nitrogen functional groups attached to an aromatic ring is 1. The van der Waals surface area contributed by atoms with E-state index in [0.29, 0.717) is 28.8 Å². The maximum atomic E-state index is 5.68. The summed E-state index contributed by atoms with van der Waals surface area (Å²) in [5.74, 6) is 1.42. The van der Waals surface area contributed by atoms with Gasteiger partial charge in [0.05, 0.1) is 16.1 Å². The molecule has 0 fully saturated rings. The van der Waals surface area contributed by atoms with Crippen molar-refractivity contribution in [2.24, 2.45) is 0 Å². The summed E-state index contributed by atoms with van der Waals surface area (Å²) in [5.41, 5.74) is 7.91. The van der Waals surface area contributed by atoms with E-state index < -0.39 is 0 Å². The molecule has 3 rings (SSSR count). The van der Waals surface area contributed by atoms with Gasteiger partial charge in [-0.1, -0.05) is 5.16 Å². The molecule has 0 spiro atoms. The van der Waals surface area contributed by atoms with Crippen molar-refractivity contribution in [3.63, 3.8) is 0 Å². The highest BCUT2D eigenvalue weighted by atomic mass is 79.9. The Labute approximate surface area is 141 Å². The number of benzene rings is 1. The summed E-state index contributed by atoms with van der Waals surface area (Å²) in [7, 11) is 0. The molecule has 0 aliphatic rings. The molecular weight excluding hydrogens is 360 g/mol. The van der Waals surface area contributed by atoms with Crippen LogP contribution in [0, 0.1) is 0 Å². The number of anilines is 1. The molecule has 118 valence electrons. The van der Waals surface area contributed by atoms with Crippen molar-refractivity contribution in [3.05, 3.63) is 41.0 Å².